The molecule has 22 nitrogen and oxygen atoms in total. The second-order valence-corrected chi connectivity index (χ2v) is 32.4. The van der Waals surface area contributed by atoms with Gasteiger partial charge in [0, 0.05) is 63.1 Å². The maximum atomic E-state index is 12.5. The third kappa shape index (κ3) is 23.5. The minimum Gasteiger partial charge on any atom is -0.504 e. The summed E-state index contributed by atoms with van der Waals surface area (Å²) in [6.45, 7) is 21.9. The number of carbonyl (C=O) groups is 2. The van der Waals surface area contributed by atoms with E-state index < -0.39 is 0 Å². The Labute approximate surface area is 732 Å². The first-order chi connectivity index (χ1) is 59.9. The molecule has 22 heteroatoms. The number of rotatable bonds is 18. The van der Waals surface area contributed by atoms with Crippen LogP contribution in [0.15, 0.2) is 182 Å². The summed E-state index contributed by atoms with van der Waals surface area (Å²) < 4.78 is 54.0. The average Bonchev–Trinajstić information content (AvgIpc) is 0.788. The number of aromatic hydroxyl groups is 4. The van der Waals surface area contributed by atoms with Gasteiger partial charge in [-0.25, -0.2) is 9.59 Å². The van der Waals surface area contributed by atoms with Crippen molar-refractivity contribution < 1.29 is 77.4 Å². The molecule has 6 unspecified atom stereocenters. The molecule has 10 aromatic rings. The normalized spacial score (nSPS) is 17.7. The number of phenolic OH excluding ortho intramolecular Hbond substituents is 4. The maximum Gasteiger partial charge on any atom is 0.410 e. The zero-order valence-electron chi connectivity index (χ0n) is 74.8. The van der Waals surface area contributed by atoms with Crippen LogP contribution in [0.3, 0.4) is 0 Å². The number of phenols is 4. The third-order valence-corrected chi connectivity index (χ3v) is 24.7. The molecule has 7 N–H and O–H groups in total. The molecule has 5 heterocycles. The first kappa shape index (κ1) is 92.7. The van der Waals surface area contributed by atoms with Gasteiger partial charge in [0.2, 0.25) is 0 Å². The Bertz CT molecular complexity index is 5050. The number of ether oxygens (including phenoxy) is 10. The molecule has 10 aromatic carbocycles. The fraction of sp³-hybridized carbons (Fsp3) is 0.392. The van der Waals surface area contributed by atoms with Crippen LogP contribution in [-0.4, -0.2) is 155 Å². The summed E-state index contributed by atoms with van der Waals surface area (Å²) >= 11 is 0. The smallest absolute Gasteiger partial charge is 0.410 e. The Morgan fingerprint density at radius 2 is 0.702 bits per heavy atom. The second kappa shape index (κ2) is 44.4. The van der Waals surface area contributed by atoms with E-state index in [0.717, 1.165) is 146 Å². The van der Waals surface area contributed by atoms with E-state index in [-0.39, 0.29) is 60.5 Å². The number of nitrogen functional groups attached to an aromatic ring is 1. The minimum absolute atomic E-state index is 0.00694. The van der Waals surface area contributed by atoms with E-state index >= 15 is 0 Å². The predicted molar refractivity (Wildman–Crippen MR) is 487 cm³/mol. The molecule has 5 aliphatic heterocycles. The topological polar surface area (TPSA) is 258 Å². The Kier molecular flexibility index (Phi) is 33.2. The molecule has 6 atom stereocenters. The van der Waals surface area contributed by atoms with Gasteiger partial charge in [-0.1, -0.05) is 110 Å². The number of nitrogens with zero attached hydrogens (tertiary/aromatic N) is 4. The van der Waals surface area contributed by atoms with Crippen LogP contribution in [0, 0.1) is 6.92 Å². The molecule has 0 saturated heterocycles. The monoisotopic (exact) mass is 1690 g/mol. The van der Waals surface area contributed by atoms with Crippen LogP contribution >= 0.6 is 0 Å². The van der Waals surface area contributed by atoms with Gasteiger partial charge in [0.1, 0.15) is 13.2 Å². The summed E-state index contributed by atoms with van der Waals surface area (Å²) in [6.07, 6.45) is 9.38. The zero-order chi connectivity index (χ0) is 88.7. The number of nitrogens with two attached hydrogens (primary N) is 1. The molecule has 0 radical (unpaired) electrons. The van der Waals surface area contributed by atoms with Crippen molar-refractivity contribution >= 4 is 17.9 Å². The summed E-state index contributed by atoms with van der Waals surface area (Å²) in [5.41, 5.74) is 27.1. The highest BCUT2D eigenvalue weighted by Gasteiger charge is 2.34. The van der Waals surface area contributed by atoms with Crippen molar-refractivity contribution in [2.24, 2.45) is 0 Å². The van der Waals surface area contributed by atoms with Crippen LogP contribution in [-0.2, 0) is 74.1 Å². The van der Waals surface area contributed by atoms with E-state index in [1.165, 1.54) is 85.7 Å². The highest BCUT2D eigenvalue weighted by molar-refractivity contribution is 5.70. The van der Waals surface area contributed by atoms with E-state index in [1.54, 1.807) is 84.9 Å². The molecule has 6 aliphatic rings. The van der Waals surface area contributed by atoms with Crippen LogP contribution in [0.5, 0.6) is 69.0 Å². The quantitative estimate of drug-likeness (QED) is 0.0345. The van der Waals surface area contributed by atoms with Crippen molar-refractivity contribution in [3.8, 4) is 69.0 Å². The van der Waals surface area contributed by atoms with Gasteiger partial charge < -0.3 is 88.6 Å². The number of hydrogen-bond donors (Lipinski definition) is 6. The zero-order valence-corrected chi connectivity index (χ0v) is 74.8. The van der Waals surface area contributed by atoms with Crippen molar-refractivity contribution in [1.29, 1.82) is 0 Å². The first-order valence-electron chi connectivity index (χ1n) is 43.0. The van der Waals surface area contributed by atoms with Crippen LogP contribution < -0.4 is 48.9 Å². The van der Waals surface area contributed by atoms with Gasteiger partial charge in [-0.3, -0.25) is 9.80 Å². The van der Waals surface area contributed by atoms with Gasteiger partial charge >= 0.3 is 12.2 Å². The average molecular weight is 1690 g/mol. The maximum absolute atomic E-state index is 12.5. The Morgan fingerprint density at radius 1 is 0.371 bits per heavy atom. The van der Waals surface area contributed by atoms with E-state index in [9.17, 15) is 30.0 Å². The van der Waals surface area contributed by atoms with E-state index in [2.05, 4.69) is 123 Å². The van der Waals surface area contributed by atoms with Crippen LogP contribution in [0.1, 0.15) is 185 Å². The van der Waals surface area contributed by atoms with Gasteiger partial charge in [0.05, 0.1) is 69.0 Å². The van der Waals surface area contributed by atoms with Crippen molar-refractivity contribution in [3.05, 3.63) is 277 Å². The summed E-state index contributed by atoms with van der Waals surface area (Å²) in [4.78, 5) is 33.3. The van der Waals surface area contributed by atoms with E-state index in [4.69, 9.17) is 53.1 Å². The number of carbonyl (C=O) groups excluding carboxylic acids is 2. The third-order valence-electron chi connectivity index (χ3n) is 24.7. The van der Waals surface area contributed by atoms with Gasteiger partial charge in [-0.15, -0.1) is 0 Å². The number of nitrogens with one attached hydrogen (secondary N) is 1. The Hall–Kier alpha value is -12.0. The van der Waals surface area contributed by atoms with E-state index in [1.807, 2.05) is 98.8 Å². The summed E-state index contributed by atoms with van der Waals surface area (Å²) in [5.74, 6) is 6.53. The van der Waals surface area contributed by atoms with Gasteiger partial charge in [-0.05, 0) is 292 Å². The van der Waals surface area contributed by atoms with Crippen LogP contribution in [0.25, 0.3) is 0 Å². The fourth-order valence-electron chi connectivity index (χ4n) is 17.2. The predicted octanol–water partition coefficient (Wildman–Crippen LogP) is 19.4. The number of hydrogen-bond acceptors (Lipinski definition) is 20. The molecular formula is C102H126N6O16. The van der Waals surface area contributed by atoms with E-state index in [0.29, 0.717) is 55.1 Å². The van der Waals surface area contributed by atoms with Crippen LogP contribution in [0.4, 0.5) is 15.3 Å². The summed E-state index contributed by atoms with van der Waals surface area (Å²) in [5, 5.41) is 41.4. The highest BCUT2D eigenvalue weighted by atomic mass is 16.6. The standard InChI is InChI=1S/C21H27NO2.C20H26N2O2.C20H23NO4.C18H19NO4.C12H17NO2.C11H14O2/c1-15-5-7-17(8-6-15)9-11-22-12-10-18-13-20(23-3)21(24-4)14-19(18)16(22)2;1-14-18-13-20(24-3)19(23-2)12-16(18)9-11-22(14)10-8-15-4-6-17(21)7-5-15;1-14-17-12-19(24-3)18(23-2)11-16(17)9-10-21(14)20(22)25-13-15-7-5-4-6-8-15;1-12-15-10-17(21)16(20)9-14(15)7-8-19(12)18(22)23-11-13-5-3-2-4-6-13;1-8-10-7-12(15-3)11(14-2)6-9(10)4-5-13-8;1-7-3-2-4-8-5-10(12)11(13)6-9(7)8/h5-8,13-14,16H,9-12H2,1-4H3;4-7,12-14H,8-11,21H2,1-3H3;4-8,11-12,14H,9-10,13H2,1-3H3;2-6,9-10,12,20-21H,7-8,11H2,1H3;6-8,13H,4-5H2,1-3H3;5-7,12-13H,2-4H2,1H3. The van der Waals surface area contributed by atoms with Crippen molar-refractivity contribution in [1.82, 2.24) is 24.9 Å². The molecule has 0 saturated carbocycles. The Balaban J connectivity index is 0.000000147. The van der Waals surface area contributed by atoms with Crippen molar-refractivity contribution in [2.45, 2.75) is 162 Å². The molecule has 0 fully saturated rings. The molecule has 660 valence electrons. The molecule has 16 rings (SSSR count). The number of methoxy groups -OCH3 is 8. The number of aryl methyl sites for hydroxylation is 2. The lowest BCUT2D eigenvalue weighted by atomic mass is 9.84. The van der Waals surface area contributed by atoms with Crippen molar-refractivity contribution in [3.63, 3.8) is 0 Å². The van der Waals surface area contributed by atoms with Gasteiger partial charge in [0.25, 0.3) is 0 Å². The highest BCUT2D eigenvalue weighted by Crippen LogP contribution is 2.44. The number of benzene rings is 10. The van der Waals surface area contributed by atoms with Gasteiger partial charge in [0.15, 0.2) is 69.0 Å². The molecule has 2 amide bonds. The second-order valence-electron chi connectivity index (χ2n) is 32.4. The lowest BCUT2D eigenvalue weighted by Gasteiger charge is -2.35. The minimum atomic E-state index is -0.375. The molecule has 1 aliphatic carbocycles. The molecule has 0 spiro atoms. The fourth-order valence-corrected chi connectivity index (χ4v) is 17.2. The molecular weight excluding hydrogens is 1570 g/mol. The lowest BCUT2D eigenvalue weighted by molar-refractivity contribution is 0.0795. The SMILES string of the molecule is CC1CCCc2cc(O)c(O)cc21.CC1c2cc(O)c(O)cc2CCN1C(=O)OCc1ccccc1.COc1cc2c(cc1OC)C(C)N(C(=O)OCc1ccccc1)CC2.COc1cc2c(cc1OC)C(C)N(CCc1ccc(C)cc1)CC2.COc1cc2c(cc1OC)C(C)N(CCc1ccc(N)cc1)CC2.COc1cc2c(cc1OC)C(C)NCC2. The number of fused-ring (bicyclic) bond motifs is 6. The van der Waals surface area contributed by atoms with Crippen LogP contribution in [0.2, 0.25) is 0 Å². The summed E-state index contributed by atoms with van der Waals surface area (Å²) in [7, 11) is 13.4. The summed E-state index contributed by atoms with van der Waals surface area (Å²) in [6, 6.07) is 60.3. The Morgan fingerprint density at radius 3 is 1.11 bits per heavy atom. The lowest BCUT2D eigenvalue weighted by Crippen LogP contribution is -2.39. The number of amides is 2. The number of anilines is 1. The molecule has 0 bridgehead atoms. The molecule has 124 heavy (non-hydrogen) atoms. The molecule has 0 aromatic heterocycles. The van der Waals surface area contributed by atoms with Gasteiger partial charge in [-0.2, -0.15) is 0 Å². The van der Waals surface area contributed by atoms with Crippen molar-refractivity contribution in [2.75, 3.05) is 108 Å². The largest absolute Gasteiger partial charge is 0.504 e. The first-order valence-corrected chi connectivity index (χ1v) is 43.0.